The summed E-state index contributed by atoms with van der Waals surface area (Å²) in [6.07, 6.45) is 1.02. The number of ether oxygens (including phenoxy) is 3. The molecule has 2 atom stereocenters. The lowest BCUT2D eigenvalue weighted by Crippen LogP contribution is -2.48. The topological polar surface area (TPSA) is 94.2 Å². The summed E-state index contributed by atoms with van der Waals surface area (Å²) in [5.41, 5.74) is 0.948. The van der Waals surface area contributed by atoms with Gasteiger partial charge in [-0.25, -0.2) is 8.42 Å². The van der Waals surface area contributed by atoms with Crippen LogP contribution in [0.3, 0.4) is 0 Å². The molecular weight excluding hydrogens is 444 g/mol. The maximum absolute atomic E-state index is 13.0. The fourth-order valence-electron chi connectivity index (χ4n) is 3.16. The Morgan fingerprint density at radius 1 is 0.968 bits per heavy atom. The van der Waals surface area contributed by atoms with Gasteiger partial charge in [0.15, 0.2) is 11.5 Å². The molecule has 0 heterocycles. The number of hydrogen-bond donors (Lipinski definition) is 1. The molecule has 170 valence electrons. The average molecular weight is 471 g/mol. The van der Waals surface area contributed by atoms with Crippen LogP contribution in [0.5, 0.6) is 17.2 Å². The molecule has 8 nitrogen and oxygen atoms in total. The molecule has 31 heavy (non-hydrogen) atoms. The van der Waals surface area contributed by atoms with Crippen LogP contribution in [-0.2, 0) is 14.8 Å². The number of carbonyl (C=O) groups is 1. The van der Waals surface area contributed by atoms with Gasteiger partial charge in [-0.2, -0.15) is 0 Å². The molecule has 0 aliphatic carbocycles. The van der Waals surface area contributed by atoms with Crippen LogP contribution in [-0.4, -0.2) is 48.0 Å². The van der Waals surface area contributed by atoms with Gasteiger partial charge < -0.3 is 19.5 Å². The zero-order valence-electron chi connectivity index (χ0n) is 18.3. The molecule has 1 amide bonds. The second kappa shape index (κ2) is 10.1. The van der Waals surface area contributed by atoms with Gasteiger partial charge in [-0.3, -0.25) is 9.10 Å². The smallest absolute Gasteiger partial charge is 0.244 e. The van der Waals surface area contributed by atoms with Crippen molar-refractivity contribution in [3.63, 3.8) is 0 Å². The third kappa shape index (κ3) is 5.74. The molecule has 0 fully saturated rings. The zero-order chi connectivity index (χ0) is 23.3. The fourth-order valence-corrected chi connectivity index (χ4v) is 4.49. The number of sulfonamides is 1. The van der Waals surface area contributed by atoms with Crippen LogP contribution in [0, 0.1) is 0 Å². The van der Waals surface area contributed by atoms with E-state index in [0.29, 0.717) is 16.5 Å². The molecule has 0 spiro atoms. The number of nitrogens with zero attached hydrogens (tertiary/aromatic N) is 1. The van der Waals surface area contributed by atoms with Crippen molar-refractivity contribution in [2.75, 3.05) is 31.9 Å². The number of amides is 1. The highest BCUT2D eigenvalue weighted by molar-refractivity contribution is 7.92. The van der Waals surface area contributed by atoms with Gasteiger partial charge in [0.05, 0.1) is 39.3 Å². The Morgan fingerprint density at radius 3 is 2.10 bits per heavy atom. The number of anilines is 1. The summed E-state index contributed by atoms with van der Waals surface area (Å²) in [4.78, 5) is 13.0. The Hall–Kier alpha value is -2.65. The molecule has 0 aliphatic heterocycles. The minimum atomic E-state index is -3.83. The number of halogens is 1. The molecule has 10 heteroatoms. The van der Waals surface area contributed by atoms with Crippen molar-refractivity contribution in [3.8, 4) is 17.2 Å². The summed E-state index contributed by atoms with van der Waals surface area (Å²) in [6.45, 7) is 3.29. The lowest BCUT2D eigenvalue weighted by atomic mass is 10.1. The van der Waals surface area contributed by atoms with Crippen LogP contribution in [0.25, 0.3) is 0 Å². The van der Waals surface area contributed by atoms with Gasteiger partial charge in [-0.05, 0) is 49.7 Å². The molecule has 0 saturated heterocycles. The summed E-state index contributed by atoms with van der Waals surface area (Å²) in [6, 6.07) is 8.38. The Bertz CT molecular complexity index is 1040. The van der Waals surface area contributed by atoms with E-state index in [1.165, 1.54) is 34.3 Å². The first-order chi connectivity index (χ1) is 14.5. The number of carbonyl (C=O) groups excluding carboxylic acids is 1. The van der Waals surface area contributed by atoms with Gasteiger partial charge in [0, 0.05) is 5.02 Å². The largest absolute Gasteiger partial charge is 0.495 e. The molecule has 0 saturated carbocycles. The highest BCUT2D eigenvalue weighted by atomic mass is 35.5. The van der Waals surface area contributed by atoms with Crippen molar-refractivity contribution in [1.29, 1.82) is 0 Å². The van der Waals surface area contributed by atoms with Gasteiger partial charge >= 0.3 is 0 Å². The van der Waals surface area contributed by atoms with Crippen LogP contribution in [0.15, 0.2) is 36.4 Å². The van der Waals surface area contributed by atoms with E-state index in [9.17, 15) is 13.2 Å². The summed E-state index contributed by atoms with van der Waals surface area (Å²) < 4.78 is 42.0. The quantitative estimate of drug-likeness (QED) is 0.603. The summed E-state index contributed by atoms with van der Waals surface area (Å²) >= 11 is 6.07. The first-order valence-electron chi connectivity index (χ1n) is 9.38. The van der Waals surface area contributed by atoms with E-state index < -0.39 is 28.0 Å². The summed E-state index contributed by atoms with van der Waals surface area (Å²) in [7, 11) is 0.639. The maximum Gasteiger partial charge on any atom is 0.244 e. The fraction of sp³-hybridized carbons (Fsp3) is 0.381. The lowest BCUT2D eigenvalue weighted by Gasteiger charge is -2.30. The number of rotatable bonds is 9. The Kier molecular flexibility index (Phi) is 8.02. The summed E-state index contributed by atoms with van der Waals surface area (Å²) in [5, 5.41) is 3.16. The normalized spacial score (nSPS) is 13.1. The van der Waals surface area contributed by atoms with Gasteiger partial charge in [0.1, 0.15) is 11.8 Å². The van der Waals surface area contributed by atoms with Crippen molar-refractivity contribution in [2.24, 2.45) is 0 Å². The van der Waals surface area contributed by atoms with Crippen molar-refractivity contribution >= 4 is 33.2 Å². The first-order valence-corrected chi connectivity index (χ1v) is 11.6. The average Bonchev–Trinajstić information content (AvgIpc) is 2.72. The standard InChI is InChI=1S/C21H27ClN2O6S/c1-13(15-7-9-19(29-4)20(11-15)30-5)23-21(25)14(2)24(31(6,26)27)17-12-16(22)8-10-18(17)28-3/h7-14H,1-6H3,(H,23,25)/t13-,14-/m1/s1. The summed E-state index contributed by atoms with van der Waals surface area (Å²) in [5.74, 6) is 0.877. The number of benzene rings is 2. The van der Waals surface area contributed by atoms with Crippen LogP contribution in [0.4, 0.5) is 5.69 Å². The Labute approximate surface area is 188 Å². The highest BCUT2D eigenvalue weighted by Gasteiger charge is 2.32. The molecule has 2 rings (SSSR count). The van der Waals surface area contributed by atoms with Gasteiger partial charge in [0.25, 0.3) is 0 Å². The van der Waals surface area contributed by atoms with Crippen LogP contribution in [0.1, 0.15) is 25.5 Å². The predicted octanol–water partition coefficient (Wildman–Crippen LogP) is 3.40. The molecule has 0 unspecified atom stereocenters. The number of methoxy groups -OCH3 is 3. The van der Waals surface area contributed by atoms with Gasteiger partial charge in [-0.1, -0.05) is 17.7 Å². The van der Waals surface area contributed by atoms with E-state index in [1.54, 1.807) is 37.3 Å². The highest BCUT2D eigenvalue weighted by Crippen LogP contribution is 2.34. The molecule has 0 bridgehead atoms. The van der Waals surface area contributed by atoms with Crippen molar-refractivity contribution in [3.05, 3.63) is 47.0 Å². The van der Waals surface area contributed by atoms with E-state index in [1.807, 2.05) is 0 Å². The van der Waals surface area contributed by atoms with Crippen molar-refractivity contribution in [2.45, 2.75) is 25.9 Å². The molecular formula is C21H27ClN2O6S. The minimum absolute atomic E-state index is 0.180. The second-order valence-electron chi connectivity index (χ2n) is 6.90. The maximum atomic E-state index is 13.0. The number of nitrogens with one attached hydrogen (secondary N) is 1. The van der Waals surface area contributed by atoms with E-state index in [4.69, 9.17) is 25.8 Å². The Morgan fingerprint density at radius 2 is 1.55 bits per heavy atom. The van der Waals surface area contributed by atoms with E-state index in [-0.39, 0.29) is 11.4 Å². The van der Waals surface area contributed by atoms with E-state index in [0.717, 1.165) is 16.1 Å². The van der Waals surface area contributed by atoms with Crippen LogP contribution >= 0.6 is 11.6 Å². The van der Waals surface area contributed by atoms with E-state index >= 15 is 0 Å². The molecule has 0 aromatic heterocycles. The molecule has 0 radical (unpaired) electrons. The van der Waals surface area contributed by atoms with Gasteiger partial charge in [0.2, 0.25) is 15.9 Å². The number of hydrogen-bond acceptors (Lipinski definition) is 6. The molecule has 1 N–H and O–H groups in total. The third-order valence-corrected chi connectivity index (χ3v) is 6.20. The van der Waals surface area contributed by atoms with Crippen LogP contribution < -0.4 is 23.8 Å². The predicted molar refractivity (Wildman–Crippen MR) is 121 cm³/mol. The van der Waals surface area contributed by atoms with Crippen molar-refractivity contribution in [1.82, 2.24) is 5.32 Å². The molecule has 0 aliphatic rings. The SMILES string of the molecule is COc1ccc([C@@H](C)NC(=O)[C@@H](C)N(c2cc(Cl)ccc2OC)S(C)(=O)=O)cc1OC. The zero-order valence-corrected chi connectivity index (χ0v) is 19.9. The molecule has 2 aromatic rings. The third-order valence-electron chi connectivity index (χ3n) is 4.73. The van der Waals surface area contributed by atoms with Crippen molar-refractivity contribution < 1.29 is 27.4 Å². The minimum Gasteiger partial charge on any atom is -0.495 e. The van der Waals surface area contributed by atoms with Gasteiger partial charge in [-0.15, -0.1) is 0 Å². The Balaban J connectivity index is 2.34. The monoisotopic (exact) mass is 470 g/mol. The van der Waals surface area contributed by atoms with Crippen LogP contribution in [0.2, 0.25) is 5.02 Å². The molecule has 2 aromatic carbocycles. The van der Waals surface area contributed by atoms with E-state index in [2.05, 4.69) is 5.32 Å². The first kappa shape index (κ1) is 24.6. The second-order valence-corrected chi connectivity index (χ2v) is 9.19. The lowest BCUT2D eigenvalue weighted by molar-refractivity contribution is -0.122.